The molecule has 0 atom stereocenters. The van der Waals surface area contributed by atoms with Crippen LogP contribution < -0.4 is 10.2 Å². The van der Waals surface area contributed by atoms with E-state index in [2.05, 4.69) is 37.1 Å². The van der Waals surface area contributed by atoms with Gasteiger partial charge in [-0.1, -0.05) is 66.9 Å². The number of anilines is 4. The van der Waals surface area contributed by atoms with Gasteiger partial charge in [-0.3, -0.25) is 4.68 Å². The second kappa shape index (κ2) is 13.8. The van der Waals surface area contributed by atoms with E-state index in [0.29, 0.717) is 28.3 Å². The van der Waals surface area contributed by atoms with E-state index >= 15 is 0 Å². The van der Waals surface area contributed by atoms with Gasteiger partial charge in [0.25, 0.3) is 0 Å². The highest BCUT2D eigenvalue weighted by molar-refractivity contribution is 7.22. The molecule has 46 heavy (non-hydrogen) atoms. The number of hydrogen-bond acceptors (Lipinski definition) is 11. The highest BCUT2D eigenvalue weighted by Gasteiger charge is 2.35. The van der Waals surface area contributed by atoms with Crippen LogP contribution in [0.2, 0.25) is 0 Å². The average molecular weight is 661 g/mol. The second-order valence-electron chi connectivity index (χ2n) is 12.0. The number of carboxylic acids is 1. The van der Waals surface area contributed by atoms with E-state index in [1.165, 1.54) is 30.6 Å². The molecule has 0 bridgehead atoms. The van der Waals surface area contributed by atoms with Crippen molar-refractivity contribution in [3.63, 3.8) is 0 Å². The Balaban J connectivity index is 1.28. The minimum Gasteiger partial charge on any atom is -0.476 e. The molecule has 6 rings (SSSR count). The molecule has 1 aliphatic carbocycles. The first-order valence-corrected chi connectivity index (χ1v) is 17.4. The maximum atomic E-state index is 12.5. The predicted octanol–water partition coefficient (Wildman–Crippen LogP) is 8.10. The third kappa shape index (κ3) is 6.49. The van der Waals surface area contributed by atoms with Crippen LogP contribution in [0.3, 0.4) is 0 Å². The van der Waals surface area contributed by atoms with Crippen molar-refractivity contribution in [1.29, 1.82) is 0 Å². The Morgan fingerprint density at radius 2 is 1.85 bits per heavy atom. The zero-order valence-corrected chi connectivity index (χ0v) is 28.4. The monoisotopic (exact) mass is 660 g/mol. The van der Waals surface area contributed by atoms with Gasteiger partial charge in [0.05, 0.1) is 26.8 Å². The van der Waals surface area contributed by atoms with E-state index in [0.717, 1.165) is 70.7 Å². The highest BCUT2D eigenvalue weighted by Crippen LogP contribution is 2.43. The van der Waals surface area contributed by atoms with Crippen molar-refractivity contribution in [1.82, 2.24) is 29.9 Å². The molecule has 1 fully saturated rings. The van der Waals surface area contributed by atoms with Gasteiger partial charge in [-0.05, 0) is 63.3 Å². The molecule has 0 aliphatic heterocycles. The number of hydrogen-bond donors (Lipinski definition) is 2. The average Bonchev–Trinajstić information content (AvgIpc) is 3.75. The Kier molecular flexibility index (Phi) is 9.62. The molecule has 11 nitrogen and oxygen atoms in total. The van der Waals surface area contributed by atoms with Crippen LogP contribution >= 0.6 is 22.7 Å². The summed E-state index contributed by atoms with van der Waals surface area (Å²) < 4.78 is 8.68. The zero-order chi connectivity index (χ0) is 32.3. The van der Waals surface area contributed by atoms with Crippen LogP contribution in [-0.4, -0.2) is 61.8 Å². The van der Waals surface area contributed by atoms with E-state index in [4.69, 9.17) is 9.84 Å². The maximum Gasteiger partial charge on any atom is 0.356 e. The molecule has 1 aliphatic rings. The van der Waals surface area contributed by atoms with Crippen LogP contribution in [0.4, 0.5) is 21.9 Å². The van der Waals surface area contributed by atoms with Crippen molar-refractivity contribution in [3.05, 3.63) is 53.5 Å². The number of fused-ring (bicyclic) bond motifs is 1. The standard InChI is InChI=1S/C33H40N8O3S2/c1-21-19-26(38-39-29(21)37-31-35-24-13-8-9-14-25(24)45-31)40(3)32-36-27(30(42)43)28(46-32)23-20-34-41(22(23)2)33(17-12-18-44-4)15-10-6-5-7-11-16-33/h8-9,13-14,19-20H,5-7,10-12,15-18H2,1-4H3,(H,42,43)(H,35,37,39). The fourth-order valence-corrected chi connectivity index (χ4v) is 8.41. The Morgan fingerprint density at radius 1 is 1.09 bits per heavy atom. The fraction of sp³-hybridized carbons (Fsp3) is 0.455. The van der Waals surface area contributed by atoms with Crippen molar-refractivity contribution in [3.8, 4) is 10.4 Å². The minimum absolute atomic E-state index is 0.0133. The van der Waals surface area contributed by atoms with Crippen LogP contribution in [0.1, 0.15) is 79.5 Å². The van der Waals surface area contributed by atoms with Crippen molar-refractivity contribution in [2.75, 3.05) is 31.0 Å². The van der Waals surface area contributed by atoms with Gasteiger partial charge >= 0.3 is 5.97 Å². The molecule has 0 radical (unpaired) electrons. The van der Waals surface area contributed by atoms with E-state index in [9.17, 15) is 9.90 Å². The molecule has 1 saturated carbocycles. The summed E-state index contributed by atoms with van der Waals surface area (Å²) >= 11 is 2.88. The summed E-state index contributed by atoms with van der Waals surface area (Å²) in [5.41, 5.74) is 3.49. The topological polar surface area (TPSA) is 131 Å². The van der Waals surface area contributed by atoms with Gasteiger partial charge in [-0.25, -0.2) is 14.8 Å². The number of nitrogens with zero attached hydrogens (tertiary/aromatic N) is 7. The summed E-state index contributed by atoms with van der Waals surface area (Å²) in [4.78, 5) is 24.1. The Labute approximate surface area is 276 Å². The van der Waals surface area contributed by atoms with Crippen LogP contribution in [0.25, 0.3) is 20.7 Å². The lowest BCUT2D eigenvalue weighted by Crippen LogP contribution is -2.36. The van der Waals surface area contributed by atoms with Gasteiger partial charge in [0.2, 0.25) is 0 Å². The molecular weight excluding hydrogens is 621 g/mol. The first-order chi connectivity index (χ1) is 22.3. The maximum absolute atomic E-state index is 12.5. The first-order valence-electron chi connectivity index (χ1n) is 15.8. The second-order valence-corrected chi connectivity index (χ2v) is 14.0. The van der Waals surface area contributed by atoms with Gasteiger partial charge in [0, 0.05) is 32.0 Å². The number of methoxy groups -OCH3 is 1. The van der Waals surface area contributed by atoms with Gasteiger partial charge in [0.15, 0.2) is 27.6 Å². The number of thiazole rings is 2. The lowest BCUT2D eigenvalue weighted by atomic mass is 9.80. The zero-order valence-electron chi connectivity index (χ0n) is 26.7. The molecule has 242 valence electrons. The lowest BCUT2D eigenvalue weighted by Gasteiger charge is -2.37. The third-order valence-corrected chi connectivity index (χ3v) is 11.0. The summed E-state index contributed by atoms with van der Waals surface area (Å²) in [6, 6.07) is 9.88. The van der Waals surface area contributed by atoms with Crippen LogP contribution in [-0.2, 0) is 10.3 Å². The number of aromatic carboxylic acids is 1. The molecule has 0 spiro atoms. The van der Waals surface area contributed by atoms with Gasteiger partial charge in [-0.2, -0.15) is 5.10 Å². The minimum atomic E-state index is -1.07. The molecule has 0 unspecified atom stereocenters. The summed E-state index contributed by atoms with van der Waals surface area (Å²) in [7, 11) is 3.57. The fourth-order valence-electron chi connectivity index (χ4n) is 6.45. The number of benzene rings is 1. The molecule has 0 saturated heterocycles. The summed E-state index contributed by atoms with van der Waals surface area (Å²) in [6.07, 6.45) is 11.9. The van der Waals surface area contributed by atoms with E-state index in [1.807, 2.05) is 50.5 Å². The molecule has 0 amide bonds. The number of carbonyl (C=O) groups is 1. The summed E-state index contributed by atoms with van der Waals surface area (Å²) in [6.45, 7) is 4.72. The number of ether oxygens (including phenoxy) is 1. The first kappa shape index (κ1) is 32.0. The lowest BCUT2D eigenvalue weighted by molar-refractivity contribution is 0.0692. The normalized spacial score (nSPS) is 15.0. The van der Waals surface area contributed by atoms with Gasteiger partial charge in [0.1, 0.15) is 0 Å². The quantitative estimate of drug-likeness (QED) is 0.134. The van der Waals surface area contributed by atoms with Gasteiger partial charge < -0.3 is 20.1 Å². The summed E-state index contributed by atoms with van der Waals surface area (Å²) in [5.74, 6) is 0.0963. The molecule has 4 aromatic heterocycles. The number of rotatable bonds is 11. The molecule has 4 heterocycles. The van der Waals surface area contributed by atoms with E-state index in [1.54, 1.807) is 23.3 Å². The molecule has 2 N–H and O–H groups in total. The third-order valence-electron chi connectivity index (χ3n) is 8.92. The molecular formula is C33H40N8O3S2. The van der Waals surface area contributed by atoms with Crippen molar-refractivity contribution in [2.45, 2.75) is 77.2 Å². The van der Waals surface area contributed by atoms with Crippen molar-refractivity contribution >= 4 is 60.8 Å². The van der Waals surface area contributed by atoms with E-state index in [-0.39, 0.29) is 11.2 Å². The number of aryl methyl sites for hydroxylation is 1. The molecule has 13 heteroatoms. The number of para-hydroxylation sites is 1. The van der Waals surface area contributed by atoms with Gasteiger partial charge in [-0.15, -0.1) is 10.2 Å². The summed E-state index contributed by atoms with van der Waals surface area (Å²) in [5, 5.41) is 28.6. The van der Waals surface area contributed by atoms with Crippen LogP contribution in [0, 0.1) is 13.8 Å². The Bertz CT molecular complexity index is 1790. The number of carboxylic acid groups (broad SMARTS) is 1. The smallest absolute Gasteiger partial charge is 0.356 e. The predicted molar refractivity (Wildman–Crippen MR) is 184 cm³/mol. The molecule has 5 aromatic rings. The number of nitrogens with one attached hydrogen (secondary N) is 1. The Morgan fingerprint density at radius 3 is 2.57 bits per heavy atom. The largest absolute Gasteiger partial charge is 0.476 e. The van der Waals surface area contributed by atoms with Crippen LogP contribution in [0.15, 0.2) is 36.5 Å². The van der Waals surface area contributed by atoms with Crippen molar-refractivity contribution in [2.24, 2.45) is 0 Å². The Hall–Kier alpha value is -3.94. The highest BCUT2D eigenvalue weighted by atomic mass is 32.1. The SMILES string of the molecule is COCCCC1(n2ncc(-c3sc(N(C)c4cc(C)c(Nc5nc6ccccc6s5)nn4)nc3C(=O)O)c2C)CCCCCCC1. The van der Waals surface area contributed by atoms with Crippen molar-refractivity contribution < 1.29 is 14.6 Å². The van der Waals surface area contributed by atoms with Crippen LogP contribution in [0.5, 0.6) is 0 Å². The van der Waals surface area contributed by atoms with E-state index < -0.39 is 5.97 Å². The number of aromatic nitrogens is 6. The molecule has 1 aromatic carbocycles.